The molecular formula is C6H11N2OS. The molecule has 1 unspecified atom stereocenters. The number of hydrogen-bond acceptors (Lipinski definition) is 4. The largest absolute Gasteiger partial charge is 0.314 e. The molecule has 1 radical (unpaired) electrons. The van der Waals surface area contributed by atoms with E-state index in [1.54, 1.807) is 0 Å². The number of hydrogen-bond donors (Lipinski definition) is 2. The van der Waals surface area contributed by atoms with E-state index in [4.69, 9.17) is 0 Å². The third kappa shape index (κ3) is 1.97. The summed E-state index contributed by atoms with van der Waals surface area (Å²) in [6.45, 7) is 3.67. The van der Waals surface area contributed by atoms with Crippen LogP contribution in [0.4, 0.5) is 0 Å². The van der Waals surface area contributed by atoms with Gasteiger partial charge in [-0.2, -0.15) is 12.6 Å². The van der Waals surface area contributed by atoms with Crippen LogP contribution in [0.2, 0.25) is 0 Å². The smallest absolute Gasteiger partial charge is 0.227 e. The second kappa shape index (κ2) is 3.95. The van der Waals surface area contributed by atoms with Crippen molar-refractivity contribution in [2.75, 3.05) is 26.2 Å². The third-order valence-electron chi connectivity index (χ3n) is 1.60. The van der Waals surface area contributed by atoms with E-state index in [1.807, 2.05) is 11.2 Å². The van der Waals surface area contributed by atoms with Crippen LogP contribution in [0.15, 0.2) is 0 Å². The highest BCUT2D eigenvalue weighted by Gasteiger charge is 2.15. The molecule has 3 nitrogen and oxygen atoms in total. The first-order valence-corrected chi connectivity index (χ1v) is 3.87. The van der Waals surface area contributed by atoms with Crippen LogP contribution in [-0.2, 0) is 4.79 Å². The van der Waals surface area contributed by atoms with Gasteiger partial charge in [0.05, 0.1) is 0 Å². The molecule has 1 fully saturated rings. The summed E-state index contributed by atoms with van der Waals surface area (Å²) in [7, 11) is 0. The molecule has 57 valence electrons. The number of carbonyl (C=O) groups excluding carboxylic acids is 1. The van der Waals surface area contributed by atoms with Gasteiger partial charge in [-0.15, -0.1) is 0 Å². The number of thiol groups is 1. The van der Waals surface area contributed by atoms with Crippen molar-refractivity contribution in [3.05, 3.63) is 0 Å². The fraction of sp³-hybridized carbons (Fsp3) is 0.833. The molecule has 0 spiro atoms. The maximum atomic E-state index is 10.1. The minimum Gasteiger partial charge on any atom is -0.314 e. The lowest BCUT2D eigenvalue weighted by molar-refractivity contribution is 0.254. The summed E-state index contributed by atoms with van der Waals surface area (Å²) in [6, 6.07) is 0. The summed E-state index contributed by atoms with van der Waals surface area (Å²) in [5, 5.41) is 2.86. The van der Waals surface area contributed by atoms with E-state index in [0.29, 0.717) is 0 Å². The number of piperazine rings is 1. The average molecular weight is 159 g/mol. The van der Waals surface area contributed by atoms with Gasteiger partial charge < -0.3 is 5.32 Å². The standard InChI is InChI=1S/C6H11N2OS/c9-5-6(10)8-3-1-7-2-4-8/h6-7,10H,1-4H2. The van der Waals surface area contributed by atoms with Crippen molar-refractivity contribution in [1.29, 1.82) is 0 Å². The van der Waals surface area contributed by atoms with E-state index in [0.717, 1.165) is 26.2 Å². The summed E-state index contributed by atoms with van der Waals surface area (Å²) in [5.74, 6) is 0. The Bertz CT molecular complexity index is 114. The first-order chi connectivity index (χ1) is 4.84. The highest BCUT2D eigenvalue weighted by atomic mass is 32.1. The molecule has 0 aromatic carbocycles. The van der Waals surface area contributed by atoms with Crippen molar-refractivity contribution < 1.29 is 4.79 Å². The average Bonchev–Trinajstić information content (AvgIpc) is 2.05. The Morgan fingerprint density at radius 2 is 2.10 bits per heavy atom. The van der Waals surface area contributed by atoms with Gasteiger partial charge in [0.1, 0.15) is 5.37 Å². The Hall–Kier alpha value is -0.0600. The summed E-state index contributed by atoms with van der Waals surface area (Å²) < 4.78 is 0. The van der Waals surface area contributed by atoms with Crippen molar-refractivity contribution in [2.24, 2.45) is 0 Å². The summed E-state index contributed by atoms with van der Waals surface area (Å²) in [4.78, 5) is 12.1. The van der Waals surface area contributed by atoms with Crippen molar-refractivity contribution in [3.8, 4) is 0 Å². The van der Waals surface area contributed by atoms with Gasteiger partial charge in [-0.25, -0.2) is 0 Å². The number of nitrogens with one attached hydrogen (secondary N) is 1. The van der Waals surface area contributed by atoms with Crippen LogP contribution in [0, 0.1) is 0 Å². The Kier molecular flexibility index (Phi) is 3.18. The molecule has 0 saturated carbocycles. The molecule has 0 aliphatic carbocycles. The van der Waals surface area contributed by atoms with E-state index >= 15 is 0 Å². The topological polar surface area (TPSA) is 32.3 Å². The van der Waals surface area contributed by atoms with Gasteiger partial charge in [0, 0.05) is 26.2 Å². The highest BCUT2D eigenvalue weighted by Crippen LogP contribution is 2.01. The van der Waals surface area contributed by atoms with Gasteiger partial charge in [-0.3, -0.25) is 9.69 Å². The second-order valence-corrected chi connectivity index (χ2v) is 2.77. The van der Waals surface area contributed by atoms with Gasteiger partial charge in [0.25, 0.3) is 0 Å². The minimum absolute atomic E-state index is 0.331. The van der Waals surface area contributed by atoms with Crippen molar-refractivity contribution in [2.45, 2.75) is 5.37 Å². The Morgan fingerprint density at radius 1 is 1.50 bits per heavy atom. The summed E-state index contributed by atoms with van der Waals surface area (Å²) in [5.41, 5.74) is 0. The predicted octanol–water partition coefficient (Wildman–Crippen LogP) is -0.743. The van der Waals surface area contributed by atoms with Gasteiger partial charge in [-0.05, 0) is 0 Å². The Labute approximate surface area is 66.2 Å². The van der Waals surface area contributed by atoms with E-state index < -0.39 is 0 Å². The van der Waals surface area contributed by atoms with Crippen LogP contribution < -0.4 is 5.32 Å². The summed E-state index contributed by atoms with van der Waals surface area (Å²) >= 11 is 4.05. The zero-order valence-electron chi connectivity index (χ0n) is 5.71. The quantitative estimate of drug-likeness (QED) is 0.520. The molecule has 0 bridgehead atoms. The first-order valence-electron chi connectivity index (χ1n) is 3.35. The molecule has 1 rings (SSSR count). The molecule has 4 heteroatoms. The fourth-order valence-corrected chi connectivity index (χ4v) is 1.23. The van der Waals surface area contributed by atoms with E-state index in [-0.39, 0.29) is 5.37 Å². The number of nitrogens with zero attached hydrogens (tertiary/aromatic N) is 1. The molecule has 0 aromatic heterocycles. The third-order valence-corrected chi connectivity index (χ3v) is 2.03. The monoisotopic (exact) mass is 159 g/mol. The SMILES string of the molecule is O=[C]C(S)N1CCNCC1. The lowest BCUT2D eigenvalue weighted by Gasteiger charge is -2.28. The van der Waals surface area contributed by atoms with Crippen LogP contribution in [-0.4, -0.2) is 42.7 Å². The van der Waals surface area contributed by atoms with Crippen LogP contribution in [0.1, 0.15) is 0 Å². The molecule has 0 aromatic rings. The minimum atomic E-state index is -0.331. The first kappa shape index (κ1) is 8.04. The van der Waals surface area contributed by atoms with Gasteiger partial charge >= 0.3 is 0 Å². The zero-order valence-corrected chi connectivity index (χ0v) is 6.60. The Balaban J connectivity index is 2.30. The molecule has 1 saturated heterocycles. The molecular weight excluding hydrogens is 148 g/mol. The van der Waals surface area contributed by atoms with Crippen LogP contribution in [0.25, 0.3) is 0 Å². The Morgan fingerprint density at radius 3 is 2.60 bits per heavy atom. The van der Waals surface area contributed by atoms with Crippen molar-refractivity contribution in [3.63, 3.8) is 0 Å². The van der Waals surface area contributed by atoms with Crippen LogP contribution in [0.5, 0.6) is 0 Å². The molecule has 1 aliphatic rings. The van der Waals surface area contributed by atoms with Crippen molar-refractivity contribution >= 4 is 18.9 Å². The van der Waals surface area contributed by atoms with Crippen molar-refractivity contribution in [1.82, 2.24) is 10.2 Å². The van der Waals surface area contributed by atoms with Gasteiger partial charge in [0.15, 0.2) is 0 Å². The van der Waals surface area contributed by atoms with Gasteiger partial charge in [-0.1, -0.05) is 0 Å². The molecule has 1 aliphatic heterocycles. The number of rotatable bonds is 2. The maximum absolute atomic E-state index is 10.1. The normalized spacial score (nSPS) is 24.1. The lowest BCUT2D eigenvalue weighted by Crippen LogP contribution is -2.47. The van der Waals surface area contributed by atoms with E-state index in [1.165, 1.54) is 0 Å². The summed E-state index contributed by atoms with van der Waals surface area (Å²) in [6.07, 6.45) is 1.85. The second-order valence-electron chi connectivity index (χ2n) is 2.28. The van der Waals surface area contributed by atoms with Crippen LogP contribution >= 0.6 is 12.6 Å². The zero-order chi connectivity index (χ0) is 7.40. The van der Waals surface area contributed by atoms with Gasteiger partial charge in [0.2, 0.25) is 6.29 Å². The highest BCUT2D eigenvalue weighted by molar-refractivity contribution is 7.81. The molecule has 1 N–H and O–H groups in total. The van der Waals surface area contributed by atoms with Crippen LogP contribution in [0.3, 0.4) is 0 Å². The fourth-order valence-electron chi connectivity index (χ4n) is 1.00. The molecule has 0 amide bonds. The maximum Gasteiger partial charge on any atom is 0.227 e. The molecule has 10 heavy (non-hydrogen) atoms. The predicted molar refractivity (Wildman–Crippen MR) is 42.9 cm³/mol. The lowest BCUT2D eigenvalue weighted by atomic mass is 10.4. The molecule has 1 heterocycles. The van der Waals surface area contributed by atoms with E-state index in [2.05, 4.69) is 17.9 Å². The van der Waals surface area contributed by atoms with E-state index in [9.17, 15) is 4.79 Å². The molecule has 1 atom stereocenters.